The van der Waals surface area contributed by atoms with Gasteiger partial charge in [0, 0.05) is 11.6 Å². The first-order valence-corrected chi connectivity index (χ1v) is 7.11. The zero-order chi connectivity index (χ0) is 25.6. The molecule has 0 saturated carbocycles. The topological polar surface area (TPSA) is 37.3 Å². The van der Waals surface area contributed by atoms with Gasteiger partial charge in [0.1, 0.15) is 0 Å². The van der Waals surface area contributed by atoms with Gasteiger partial charge in [0.25, 0.3) is 0 Å². The average Bonchev–Trinajstić information content (AvgIpc) is 2.51. The van der Waals surface area contributed by atoms with Crippen LogP contribution in [0.2, 0.25) is 0 Å². The molecule has 0 fully saturated rings. The van der Waals surface area contributed by atoms with Gasteiger partial charge in [-0.3, -0.25) is 0 Å². The van der Waals surface area contributed by atoms with Crippen LogP contribution in [0.5, 0.6) is 0 Å². The van der Waals surface area contributed by atoms with Crippen molar-refractivity contribution in [2.75, 3.05) is 0 Å². The van der Waals surface area contributed by atoms with Gasteiger partial charge in [-0.25, -0.2) is 9.18 Å². The van der Waals surface area contributed by atoms with Gasteiger partial charge in [-0.15, -0.1) is 0 Å². The number of carboxylic acid groups (broad SMARTS) is 1. The molecule has 1 atom stereocenters. The first-order chi connectivity index (χ1) is 13.2. The van der Waals surface area contributed by atoms with Crippen LogP contribution in [-0.2, 0) is 4.79 Å². The van der Waals surface area contributed by atoms with E-state index in [-0.39, 0.29) is 6.92 Å². The molecule has 0 aliphatic rings. The summed E-state index contributed by atoms with van der Waals surface area (Å²) >= 11 is 0. The highest BCUT2D eigenvalue weighted by Crippen LogP contribution is 2.61. The predicted molar refractivity (Wildman–Crippen MR) is 66.6 cm³/mol. The minimum Gasteiger partial charge on any atom is -0.478 e. The molecule has 0 aliphatic heterocycles. The molecule has 0 spiro atoms. The van der Waals surface area contributed by atoms with E-state index in [1.54, 1.807) is 0 Å². The molecule has 1 unspecified atom stereocenters. The number of hydrogen-bond acceptors (Lipinski definition) is 1. The second-order valence-electron chi connectivity index (χ2n) is 5.96. The van der Waals surface area contributed by atoms with E-state index in [4.69, 9.17) is 5.11 Å². The van der Waals surface area contributed by atoms with E-state index in [1.807, 2.05) is 0 Å². The molecule has 0 bridgehead atoms. The van der Waals surface area contributed by atoms with Gasteiger partial charge in [0.05, 0.1) is 6.42 Å². The van der Waals surface area contributed by atoms with Crippen molar-refractivity contribution in [3.05, 3.63) is 11.6 Å². The van der Waals surface area contributed by atoms with Gasteiger partial charge in [0.2, 0.25) is 0 Å². The fraction of sp³-hybridized carbons (Fsp3) is 0.769. The highest BCUT2D eigenvalue weighted by molar-refractivity contribution is 5.86. The van der Waals surface area contributed by atoms with Crippen LogP contribution in [0, 0.1) is 0 Å². The summed E-state index contributed by atoms with van der Waals surface area (Å²) in [5.41, 5.74) is -1.91. The lowest BCUT2D eigenvalue weighted by atomic mass is 9.89. The first kappa shape index (κ1) is 29.1. The number of rotatable bonds is 9. The number of alkyl halides is 16. The van der Waals surface area contributed by atoms with Crippen LogP contribution in [0.1, 0.15) is 13.3 Å². The number of carboxylic acids is 1. The van der Waals surface area contributed by atoms with Crippen LogP contribution in [0.4, 0.5) is 70.2 Å². The van der Waals surface area contributed by atoms with Crippen molar-refractivity contribution < 1.29 is 80.1 Å². The second kappa shape index (κ2) is 7.90. The molecular weight excluding hydrogens is 492 g/mol. The standard InChI is InChI=1S/C13H8F16O2/c1-4(6(30)31)2-7(15,16)10(22,23)12(26,27)13(28,29)11(24,25)9(20,21)5(14)3-8(17,18)19/h2,5H,3H2,1H3,(H,30,31). The van der Waals surface area contributed by atoms with Gasteiger partial charge < -0.3 is 5.11 Å². The molecule has 0 rings (SSSR count). The van der Waals surface area contributed by atoms with E-state index in [0.29, 0.717) is 0 Å². The van der Waals surface area contributed by atoms with E-state index in [9.17, 15) is 75.0 Å². The Morgan fingerprint density at radius 1 is 0.742 bits per heavy atom. The van der Waals surface area contributed by atoms with Crippen LogP contribution in [0.3, 0.4) is 0 Å². The Balaban J connectivity index is 6.55. The summed E-state index contributed by atoms with van der Waals surface area (Å²) < 4.78 is 209. The molecule has 0 radical (unpaired) electrons. The van der Waals surface area contributed by atoms with E-state index < -0.39 is 71.9 Å². The number of carbonyl (C=O) groups is 1. The van der Waals surface area contributed by atoms with Crippen molar-refractivity contribution in [2.45, 2.75) is 61.2 Å². The van der Waals surface area contributed by atoms with Crippen molar-refractivity contribution in [3.8, 4) is 0 Å². The normalized spacial score (nSPS) is 17.0. The average molecular weight is 500 g/mol. The zero-order valence-electron chi connectivity index (χ0n) is 14.3. The maximum atomic E-state index is 13.4. The van der Waals surface area contributed by atoms with Crippen LogP contribution < -0.4 is 0 Å². The minimum absolute atomic E-state index is 0.0379. The van der Waals surface area contributed by atoms with Crippen molar-refractivity contribution >= 4 is 5.97 Å². The summed E-state index contributed by atoms with van der Waals surface area (Å²) in [5, 5.41) is 8.23. The molecule has 0 aliphatic carbocycles. The fourth-order valence-electron chi connectivity index (χ4n) is 1.77. The quantitative estimate of drug-likeness (QED) is 0.306. The zero-order valence-corrected chi connectivity index (χ0v) is 14.3. The van der Waals surface area contributed by atoms with E-state index in [1.165, 1.54) is 0 Å². The number of hydrogen-bond donors (Lipinski definition) is 1. The molecule has 1 N–H and O–H groups in total. The number of halogens is 16. The SMILES string of the molecule is CC(=CC(F)(F)C(F)(F)C(F)(F)C(F)(F)C(F)(F)C(F)(F)C(F)CC(F)(F)F)C(=O)O. The summed E-state index contributed by atoms with van der Waals surface area (Å²) in [6, 6.07) is 0. The molecule has 31 heavy (non-hydrogen) atoms. The summed E-state index contributed by atoms with van der Waals surface area (Å²) in [5.74, 6) is -48.9. The van der Waals surface area contributed by atoms with Crippen molar-refractivity contribution in [1.82, 2.24) is 0 Å². The van der Waals surface area contributed by atoms with Gasteiger partial charge >= 0.3 is 47.7 Å². The number of allylic oxidation sites excluding steroid dienone is 1. The summed E-state index contributed by atoms with van der Waals surface area (Å²) in [7, 11) is 0. The number of aliphatic carboxylic acids is 1. The molecule has 2 nitrogen and oxygen atoms in total. The Kier molecular flexibility index (Phi) is 7.41. The van der Waals surface area contributed by atoms with Crippen LogP contribution in [-0.4, -0.2) is 59.0 Å². The van der Waals surface area contributed by atoms with Crippen molar-refractivity contribution in [1.29, 1.82) is 0 Å². The second-order valence-corrected chi connectivity index (χ2v) is 5.96. The molecule has 0 amide bonds. The summed E-state index contributed by atoms with van der Waals surface area (Å²) in [4.78, 5) is 10.3. The first-order valence-electron chi connectivity index (χ1n) is 7.11. The fourth-order valence-corrected chi connectivity index (χ4v) is 1.77. The highest BCUT2D eigenvalue weighted by Gasteiger charge is 2.90. The van der Waals surface area contributed by atoms with E-state index in [0.717, 1.165) is 0 Å². The monoisotopic (exact) mass is 500 g/mol. The lowest BCUT2D eigenvalue weighted by Crippen LogP contribution is -2.71. The van der Waals surface area contributed by atoms with Gasteiger partial charge in [-0.2, -0.15) is 65.9 Å². The molecule has 18 heteroatoms. The van der Waals surface area contributed by atoms with Crippen molar-refractivity contribution in [2.24, 2.45) is 0 Å². The third kappa shape index (κ3) is 4.80. The smallest absolute Gasteiger partial charge is 0.392 e. The van der Waals surface area contributed by atoms with E-state index >= 15 is 0 Å². The minimum atomic E-state index is -8.28. The highest BCUT2D eigenvalue weighted by atomic mass is 19.4. The molecule has 0 heterocycles. The Bertz CT molecular complexity index is 705. The molecule has 184 valence electrons. The summed E-state index contributed by atoms with van der Waals surface area (Å²) in [6.45, 7) is 0.0379. The van der Waals surface area contributed by atoms with Gasteiger partial charge in [-0.1, -0.05) is 0 Å². The van der Waals surface area contributed by atoms with E-state index in [2.05, 4.69) is 0 Å². The Morgan fingerprint density at radius 2 is 1.10 bits per heavy atom. The Morgan fingerprint density at radius 3 is 1.42 bits per heavy atom. The van der Waals surface area contributed by atoms with Crippen LogP contribution >= 0.6 is 0 Å². The summed E-state index contributed by atoms with van der Waals surface area (Å²) in [6.07, 6.45) is -16.7. The molecule has 0 saturated heterocycles. The lowest BCUT2D eigenvalue weighted by Gasteiger charge is -2.41. The van der Waals surface area contributed by atoms with Gasteiger partial charge in [-0.05, 0) is 6.92 Å². The molecule has 0 aromatic heterocycles. The van der Waals surface area contributed by atoms with Crippen LogP contribution in [0.15, 0.2) is 11.6 Å². The largest absolute Gasteiger partial charge is 0.478 e. The van der Waals surface area contributed by atoms with Crippen molar-refractivity contribution in [3.63, 3.8) is 0 Å². The lowest BCUT2D eigenvalue weighted by molar-refractivity contribution is -0.425. The third-order valence-electron chi connectivity index (χ3n) is 3.56. The molecule has 0 aromatic carbocycles. The Labute approximate surface area is 160 Å². The molecular formula is C13H8F16O2. The van der Waals surface area contributed by atoms with Gasteiger partial charge in [0.15, 0.2) is 6.17 Å². The molecule has 0 aromatic rings. The predicted octanol–water partition coefficient (Wildman–Crippen LogP) is 6.12. The third-order valence-corrected chi connectivity index (χ3v) is 3.56. The maximum absolute atomic E-state index is 13.4. The Hall–Kier alpha value is -1.91. The maximum Gasteiger partial charge on any atom is 0.392 e. The van der Waals surface area contributed by atoms with Crippen LogP contribution in [0.25, 0.3) is 0 Å².